The summed E-state index contributed by atoms with van der Waals surface area (Å²) < 4.78 is 44.0. The van der Waals surface area contributed by atoms with Crippen LogP contribution in [0.3, 0.4) is 0 Å². The van der Waals surface area contributed by atoms with Gasteiger partial charge in [0.05, 0.1) is 26.4 Å². The van der Waals surface area contributed by atoms with E-state index in [0.29, 0.717) is 32.8 Å². The van der Waals surface area contributed by atoms with Gasteiger partial charge in [-0.2, -0.15) is 0 Å². The summed E-state index contributed by atoms with van der Waals surface area (Å²) in [4.78, 5) is 19.0. The Kier molecular flexibility index (Phi) is 40.7. The molecular formula is C37H82O23Si5. The van der Waals surface area contributed by atoms with Crippen molar-refractivity contribution in [3.63, 3.8) is 0 Å². The fourth-order valence-electron chi connectivity index (χ4n) is 6.75. The molecule has 0 aromatic heterocycles. The Balaban J connectivity index is 4.02. The van der Waals surface area contributed by atoms with Crippen LogP contribution >= 0.6 is 0 Å². The molecule has 0 aromatic carbocycles. The molecule has 0 atom stereocenters. The topological polar surface area (TPSA) is 231 Å². The van der Waals surface area contributed by atoms with E-state index in [9.17, 15) is 4.79 Å². The Hall–Kier alpha value is -0.706. The maximum atomic E-state index is 10.3. The Bertz CT molecular complexity index is 1120. The zero-order chi connectivity index (χ0) is 48.4. The van der Waals surface area contributed by atoms with E-state index in [4.69, 9.17) is 35.8 Å². The van der Waals surface area contributed by atoms with Crippen molar-refractivity contribution in [2.75, 3.05) is 46.2 Å². The highest BCUT2D eigenvalue weighted by molar-refractivity contribution is 6.90. The smallest absolute Gasteiger partial charge is 0.314 e. The standard InChI is InChI=1S/C37H82O23Si5/c1-61(2,36-24-29-41-33-32-40-28-23-21-19-17-15-13-11-12-14-16-18-20-22-26-38)57-63(5,6)59-65(9,10)60-64(7,8)58-62(3,4)37-25-30-42-34-35-44-46-48-50-52-54-56-55-53-51-49-47-45-43-31-27-39/h26,34-35,39H,11-25,27-33,36-37H2,1-10H3/b35-34-. The number of aliphatic hydroxyl groups excluding tert-OH is 1. The quantitative estimate of drug-likeness (QED) is 0.0149. The highest BCUT2D eigenvalue weighted by atomic mass is 28.5. The molecule has 0 amide bonds. The molecular weight excluding hydrogens is 953 g/mol. The fraction of sp³-hybridized carbons (Fsp3) is 0.919. The molecule has 0 radical (unpaired) electrons. The summed E-state index contributed by atoms with van der Waals surface area (Å²) in [6, 6.07) is 1.82. The largest absolute Gasteiger partial charge is 0.498 e. The van der Waals surface area contributed by atoms with Crippen LogP contribution in [-0.2, 0) is 106 Å². The molecule has 0 aliphatic heterocycles. The fourth-order valence-corrected chi connectivity index (χ4v) is 31.3. The minimum absolute atomic E-state index is 0.189. The third-order valence-electron chi connectivity index (χ3n) is 8.64. The first-order valence-corrected chi connectivity index (χ1v) is 37.2. The van der Waals surface area contributed by atoms with Gasteiger partial charge in [-0.1, -0.05) is 64.2 Å². The van der Waals surface area contributed by atoms with Crippen LogP contribution in [0, 0.1) is 0 Å². The second-order valence-corrected chi connectivity index (χ2v) is 37.1. The number of aliphatic hydroxyl groups is 1. The molecule has 28 heteroatoms. The summed E-state index contributed by atoms with van der Waals surface area (Å²) in [5.74, 6) is 0. The van der Waals surface area contributed by atoms with Crippen molar-refractivity contribution in [2.24, 2.45) is 0 Å². The van der Waals surface area contributed by atoms with Crippen molar-refractivity contribution >= 4 is 48.6 Å². The second kappa shape index (κ2) is 41.1. The van der Waals surface area contributed by atoms with E-state index in [0.717, 1.165) is 56.9 Å². The zero-order valence-corrected chi connectivity index (χ0v) is 45.6. The first-order valence-electron chi connectivity index (χ1n) is 22.5. The van der Waals surface area contributed by atoms with E-state index in [-0.39, 0.29) is 13.2 Å². The lowest BCUT2D eigenvalue weighted by molar-refractivity contribution is -0.874. The summed E-state index contributed by atoms with van der Waals surface area (Å²) in [6.07, 6.45) is 20.8. The summed E-state index contributed by atoms with van der Waals surface area (Å²) in [5.41, 5.74) is 0. The van der Waals surface area contributed by atoms with Crippen molar-refractivity contribution in [1.82, 2.24) is 0 Å². The maximum absolute atomic E-state index is 10.3. The lowest BCUT2D eigenvalue weighted by Crippen LogP contribution is -2.58. The molecule has 0 heterocycles. The van der Waals surface area contributed by atoms with E-state index in [1.165, 1.54) is 70.5 Å². The van der Waals surface area contributed by atoms with Crippen LogP contribution in [0.2, 0.25) is 77.6 Å². The Labute approximate surface area is 391 Å². The van der Waals surface area contributed by atoms with Crippen molar-refractivity contribution < 1.29 is 111 Å². The van der Waals surface area contributed by atoms with E-state index in [1.807, 2.05) is 0 Å². The van der Waals surface area contributed by atoms with Gasteiger partial charge in [0.15, 0.2) is 22.9 Å². The Morgan fingerprint density at radius 2 is 0.769 bits per heavy atom. The zero-order valence-electron chi connectivity index (χ0n) is 40.6. The molecule has 65 heavy (non-hydrogen) atoms. The molecule has 0 aromatic rings. The van der Waals surface area contributed by atoms with Gasteiger partial charge in [0.1, 0.15) is 19.2 Å². The number of carbonyl (C=O) groups excluding carboxylic acids is 1. The van der Waals surface area contributed by atoms with Crippen LogP contribution in [-0.4, -0.2) is 100.0 Å². The van der Waals surface area contributed by atoms with Gasteiger partial charge in [-0.15, -0.1) is 0 Å². The van der Waals surface area contributed by atoms with Gasteiger partial charge < -0.3 is 45.5 Å². The summed E-state index contributed by atoms with van der Waals surface area (Å²) in [7, 11) is -11.8. The van der Waals surface area contributed by atoms with Crippen molar-refractivity contribution in [1.29, 1.82) is 0 Å². The van der Waals surface area contributed by atoms with Gasteiger partial charge in [-0.05, 0) is 133 Å². The normalized spacial score (nSPS) is 13.0. The van der Waals surface area contributed by atoms with Crippen LogP contribution in [0.5, 0.6) is 0 Å². The second-order valence-electron chi connectivity index (χ2n) is 17.4. The summed E-state index contributed by atoms with van der Waals surface area (Å²) in [6.45, 7) is 24.0. The molecule has 0 aliphatic carbocycles. The van der Waals surface area contributed by atoms with Crippen LogP contribution in [0.1, 0.15) is 96.3 Å². The third-order valence-corrected chi connectivity index (χ3v) is 28.0. The molecule has 0 spiro atoms. The minimum Gasteiger partial charge on any atom is -0.498 e. The lowest BCUT2D eigenvalue weighted by atomic mass is 10.0. The van der Waals surface area contributed by atoms with E-state index >= 15 is 0 Å². The molecule has 23 nitrogen and oxygen atoms in total. The van der Waals surface area contributed by atoms with Crippen LogP contribution in [0.25, 0.3) is 0 Å². The predicted octanol–water partition coefficient (Wildman–Crippen LogP) is 9.26. The van der Waals surface area contributed by atoms with Gasteiger partial charge >= 0.3 is 25.7 Å². The van der Waals surface area contributed by atoms with E-state index in [2.05, 4.69) is 136 Å². The molecule has 0 fully saturated rings. The SMILES string of the molecule is C[Si](C)(CCCO/C=C\OOOOOOOOOOOOOOCCO)O[Si](C)(C)O[Si](C)(C)O[Si](C)(C)O[Si](C)(C)CCCOCCOCCCCCCCCCCCCCCC=O. The van der Waals surface area contributed by atoms with Crippen molar-refractivity contribution in [2.45, 2.75) is 174 Å². The highest BCUT2D eigenvalue weighted by Crippen LogP contribution is 2.28. The first kappa shape index (κ1) is 64.3. The van der Waals surface area contributed by atoms with E-state index in [1.54, 1.807) is 0 Å². The van der Waals surface area contributed by atoms with Crippen LogP contribution < -0.4 is 0 Å². The lowest BCUT2D eigenvalue weighted by Gasteiger charge is -2.42. The average molecular weight is 1040 g/mol. The van der Waals surface area contributed by atoms with Gasteiger partial charge in [0.2, 0.25) is 0 Å². The van der Waals surface area contributed by atoms with Gasteiger partial charge in [0.25, 0.3) is 0 Å². The predicted molar refractivity (Wildman–Crippen MR) is 241 cm³/mol. The number of ether oxygens (including phenoxy) is 3. The monoisotopic (exact) mass is 1030 g/mol. The third kappa shape index (κ3) is 46.8. The molecule has 0 saturated heterocycles. The average Bonchev–Trinajstić information content (AvgIpc) is 3.20. The highest BCUT2D eigenvalue weighted by Gasteiger charge is 2.45. The van der Waals surface area contributed by atoms with Crippen molar-refractivity contribution in [3.05, 3.63) is 12.5 Å². The number of hydrogen-bond donors (Lipinski definition) is 1. The minimum atomic E-state index is -2.60. The number of hydrogen-bond acceptors (Lipinski definition) is 23. The Morgan fingerprint density at radius 1 is 0.385 bits per heavy atom. The molecule has 0 saturated carbocycles. The number of carbonyl (C=O) groups is 1. The Morgan fingerprint density at radius 3 is 1.23 bits per heavy atom. The maximum Gasteiger partial charge on any atom is 0.314 e. The van der Waals surface area contributed by atoms with Crippen molar-refractivity contribution in [3.8, 4) is 0 Å². The molecule has 0 aliphatic rings. The molecule has 0 unspecified atom stereocenters. The molecule has 388 valence electrons. The first-order chi connectivity index (χ1) is 30.9. The van der Waals surface area contributed by atoms with Crippen LogP contribution in [0.4, 0.5) is 0 Å². The number of unbranched alkanes of at least 4 members (excludes halogenated alkanes) is 12. The summed E-state index contributed by atoms with van der Waals surface area (Å²) >= 11 is 0. The van der Waals surface area contributed by atoms with E-state index < -0.39 is 42.3 Å². The van der Waals surface area contributed by atoms with Gasteiger partial charge in [0, 0.05) is 49.9 Å². The summed E-state index contributed by atoms with van der Waals surface area (Å²) in [5, 5.41) is 54.1. The number of rotatable bonds is 51. The van der Waals surface area contributed by atoms with Crippen LogP contribution in [0.15, 0.2) is 12.5 Å². The molecule has 1 N–H and O–H groups in total. The van der Waals surface area contributed by atoms with Gasteiger partial charge in [-0.25, -0.2) is 4.89 Å². The van der Waals surface area contributed by atoms with Gasteiger partial charge in [-0.3, -0.25) is 0 Å². The molecule has 0 rings (SSSR count). The molecule has 0 bridgehead atoms. The number of aldehydes is 1.